The van der Waals surface area contributed by atoms with Gasteiger partial charge in [0.2, 0.25) is 0 Å². The van der Waals surface area contributed by atoms with E-state index in [1.165, 1.54) is 0 Å². The summed E-state index contributed by atoms with van der Waals surface area (Å²) in [5.41, 5.74) is 6.14. The van der Waals surface area contributed by atoms with Crippen LogP contribution >= 0.6 is 0 Å². The van der Waals surface area contributed by atoms with Crippen LogP contribution in [-0.2, 0) is 0 Å². The van der Waals surface area contributed by atoms with Crippen molar-refractivity contribution in [1.82, 2.24) is 0 Å². The number of rotatable bonds is 5. The first-order valence-corrected chi connectivity index (χ1v) is 6.89. The number of hydrogen-bond donors (Lipinski definition) is 2. The molecule has 2 aromatic rings. The molecule has 0 aliphatic carbocycles. The molecule has 0 spiro atoms. The number of ether oxygens (including phenoxy) is 1. The highest BCUT2D eigenvalue weighted by Gasteiger charge is 2.26. The first-order valence-electron chi connectivity index (χ1n) is 6.89. The van der Waals surface area contributed by atoms with Gasteiger partial charge < -0.3 is 15.8 Å². The summed E-state index contributed by atoms with van der Waals surface area (Å²) in [6.07, 6.45) is -5.25. The summed E-state index contributed by atoms with van der Waals surface area (Å²) in [5.74, 6) is 1.17. The number of nitrogens with one attached hydrogen (secondary N) is 1. The third-order valence-electron chi connectivity index (χ3n) is 2.76. The SMILES string of the molecule is NC(=NCCC(F)(F)F)Nc1cccc(Oc2ccccc2)c1. The Hall–Kier alpha value is -2.70. The Balaban J connectivity index is 1.95. The second-order valence-corrected chi connectivity index (χ2v) is 4.70. The predicted molar refractivity (Wildman–Crippen MR) is 83.7 cm³/mol. The lowest BCUT2D eigenvalue weighted by atomic mass is 10.3. The maximum Gasteiger partial charge on any atom is 0.390 e. The summed E-state index contributed by atoms with van der Waals surface area (Å²) in [7, 11) is 0. The van der Waals surface area contributed by atoms with Gasteiger partial charge in [-0.2, -0.15) is 13.2 Å². The molecule has 122 valence electrons. The van der Waals surface area contributed by atoms with Crippen LogP contribution in [0.5, 0.6) is 11.5 Å². The van der Waals surface area contributed by atoms with Crippen molar-refractivity contribution in [3.63, 3.8) is 0 Å². The normalized spacial score (nSPS) is 12.0. The maximum atomic E-state index is 12.0. The van der Waals surface area contributed by atoms with Crippen LogP contribution in [0.1, 0.15) is 6.42 Å². The fourth-order valence-electron chi connectivity index (χ4n) is 1.75. The van der Waals surface area contributed by atoms with Crippen LogP contribution in [0.3, 0.4) is 0 Å². The number of para-hydroxylation sites is 1. The number of halogens is 3. The van der Waals surface area contributed by atoms with Gasteiger partial charge in [0.05, 0.1) is 13.0 Å². The molecule has 0 amide bonds. The van der Waals surface area contributed by atoms with Gasteiger partial charge in [0, 0.05) is 11.8 Å². The number of nitrogens with two attached hydrogens (primary N) is 1. The molecule has 4 nitrogen and oxygen atoms in total. The first kappa shape index (κ1) is 16.7. The quantitative estimate of drug-likeness (QED) is 0.642. The van der Waals surface area contributed by atoms with E-state index in [-0.39, 0.29) is 5.96 Å². The largest absolute Gasteiger partial charge is 0.457 e. The number of guanidine groups is 1. The van der Waals surface area contributed by atoms with Crippen molar-refractivity contribution in [2.75, 3.05) is 11.9 Å². The summed E-state index contributed by atoms with van der Waals surface area (Å²) in [6.45, 7) is -0.414. The van der Waals surface area contributed by atoms with E-state index in [0.29, 0.717) is 17.2 Å². The van der Waals surface area contributed by atoms with Crippen LogP contribution < -0.4 is 15.8 Å². The molecule has 0 fully saturated rings. The topological polar surface area (TPSA) is 59.6 Å². The zero-order valence-corrected chi connectivity index (χ0v) is 12.2. The molecule has 0 aromatic heterocycles. The van der Waals surface area contributed by atoms with Gasteiger partial charge in [0.25, 0.3) is 0 Å². The first-order chi connectivity index (χ1) is 10.9. The van der Waals surface area contributed by atoms with E-state index in [2.05, 4.69) is 10.3 Å². The Labute approximate surface area is 131 Å². The van der Waals surface area contributed by atoms with Gasteiger partial charge in [-0.1, -0.05) is 24.3 Å². The second-order valence-electron chi connectivity index (χ2n) is 4.70. The van der Waals surface area contributed by atoms with Crippen molar-refractivity contribution < 1.29 is 17.9 Å². The van der Waals surface area contributed by atoms with Gasteiger partial charge in [-0.15, -0.1) is 0 Å². The number of hydrogen-bond acceptors (Lipinski definition) is 2. The molecule has 23 heavy (non-hydrogen) atoms. The average molecular weight is 323 g/mol. The molecular formula is C16H16F3N3O. The van der Waals surface area contributed by atoms with Gasteiger partial charge in [0.15, 0.2) is 5.96 Å². The van der Waals surface area contributed by atoms with Crippen LogP contribution in [-0.4, -0.2) is 18.7 Å². The minimum Gasteiger partial charge on any atom is -0.457 e. The van der Waals surface area contributed by atoms with E-state index in [0.717, 1.165) is 0 Å². The molecule has 0 unspecified atom stereocenters. The van der Waals surface area contributed by atoms with Crippen LogP contribution in [0.2, 0.25) is 0 Å². The highest BCUT2D eigenvalue weighted by atomic mass is 19.4. The Morgan fingerprint density at radius 2 is 1.74 bits per heavy atom. The van der Waals surface area contributed by atoms with E-state index in [1.54, 1.807) is 24.3 Å². The van der Waals surface area contributed by atoms with Crippen LogP contribution in [0.4, 0.5) is 18.9 Å². The van der Waals surface area contributed by atoms with Crippen molar-refractivity contribution in [1.29, 1.82) is 0 Å². The van der Waals surface area contributed by atoms with Crippen LogP contribution in [0, 0.1) is 0 Å². The molecular weight excluding hydrogens is 307 g/mol. The Bertz CT molecular complexity index is 657. The highest BCUT2D eigenvalue weighted by molar-refractivity contribution is 5.92. The van der Waals surface area contributed by atoms with Gasteiger partial charge in [-0.25, -0.2) is 0 Å². The molecule has 3 N–H and O–H groups in total. The number of aliphatic imine (C=N–C) groups is 1. The number of benzene rings is 2. The van der Waals surface area contributed by atoms with Crippen molar-refractivity contribution in [2.45, 2.75) is 12.6 Å². The Morgan fingerprint density at radius 1 is 1.04 bits per heavy atom. The standard InChI is InChI=1S/C16H16F3N3O/c17-16(18,19)9-10-21-15(20)22-12-5-4-8-14(11-12)23-13-6-2-1-3-7-13/h1-8,11H,9-10H2,(H3,20,21,22). The number of nitrogens with zero attached hydrogens (tertiary/aromatic N) is 1. The van der Waals surface area contributed by atoms with E-state index < -0.39 is 19.1 Å². The summed E-state index contributed by atoms with van der Waals surface area (Å²) in [6, 6.07) is 16.1. The zero-order valence-electron chi connectivity index (χ0n) is 12.2. The molecule has 7 heteroatoms. The average Bonchev–Trinajstić information content (AvgIpc) is 2.47. The van der Waals surface area contributed by atoms with E-state index in [4.69, 9.17) is 10.5 Å². The van der Waals surface area contributed by atoms with Crippen molar-refractivity contribution >= 4 is 11.6 Å². The van der Waals surface area contributed by atoms with Gasteiger partial charge in [-0.3, -0.25) is 4.99 Å². The van der Waals surface area contributed by atoms with Gasteiger partial charge in [-0.05, 0) is 24.3 Å². The maximum absolute atomic E-state index is 12.0. The number of alkyl halides is 3. The molecule has 0 radical (unpaired) electrons. The van der Waals surface area contributed by atoms with Crippen LogP contribution in [0.15, 0.2) is 59.6 Å². The smallest absolute Gasteiger partial charge is 0.390 e. The fraction of sp³-hybridized carbons (Fsp3) is 0.188. The molecule has 0 aliphatic rings. The minimum atomic E-state index is -4.24. The lowest BCUT2D eigenvalue weighted by molar-refractivity contribution is -0.132. The molecule has 0 saturated heterocycles. The summed E-state index contributed by atoms with van der Waals surface area (Å²) in [5, 5.41) is 2.73. The molecule has 0 atom stereocenters. The lowest BCUT2D eigenvalue weighted by Gasteiger charge is -2.09. The van der Waals surface area contributed by atoms with Gasteiger partial charge >= 0.3 is 6.18 Å². The number of anilines is 1. The minimum absolute atomic E-state index is 0.0777. The fourth-order valence-corrected chi connectivity index (χ4v) is 1.75. The second kappa shape index (κ2) is 7.53. The molecule has 0 aliphatic heterocycles. The Kier molecular flexibility index (Phi) is 5.46. The molecule has 0 saturated carbocycles. The lowest BCUT2D eigenvalue weighted by Crippen LogP contribution is -2.23. The summed E-state index contributed by atoms with van der Waals surface area (Å²) < 4.78 is 41.8. The predicted octanol–water partition coefficient (Wildman–Crippen LogP) is 4.16. The zero-order chi connectivity index (χ0) is 16.7. The van der Waals surface area contributed by atoms with Crippen molar-refractivity contribution in [3.05, 3.63) is 54.6 Å². The third-order valence-corrected chi connectivity index (χ3v) is 2.76. The van der Waals surface area contributed by atoms with Crippen LogP contribution in [0.25, 0.3) is 0 Å². The third kappa shape index (κ3) is 6.29. The summed E-state index contributed by atoms with van der Waals surface area (Å²) >= 11 is 0. The molecule has 2 rings (SSSR count). The van der Waals surface area contributed by atoms with Gasteiger partial charge in [0.1, 0.15) is 11.5 Å². The van der Waals surface area contributed by atoms with E-state index in [9.17, 15) is 13.2 Å². The monoisotopic (exact) mass is 323 g/mol. The van der Waals surface area contributed by atoms with E-state index >= 15 is 0 Å². The van der Waals surface area contributed by atoms with E-state index in [1.807, 2.05) is 30.3 Å². The summed E-state index contributed by atoms with van der Waals surface area (Å²) in [4.78, 5) is 3.64. The Morgan fingerprint density at radius 3 is 2.43 bits per heavy atom. The molecule has 2 aromatic carbocycles. The molecule has 0 bridgehead atoms. The van der Waals surface area contributed by atoms with Crippen molar-refractivity contribution in [3.8, 4) is 11.5 Å². The molecule has 0 heterocycles. The highest BCUT2D eigenvalue weighted by Crippen LogP contribution is 2.23. The van der Waals surface area contributed by atoms with Crippen molar-refractivity contribution in [2.24, 2.45) is 10.7 Å².